The number of aryl methyl sites for hydroxylation is 1. The highest BCUT2D eigenvalue weighted by Crippen LogP contribution is 2.35. The summed E-state index contributed by atoms with van der Waals surface area (Å²) in [5.41, 5.74) is 2.32. The lowest BCUT2D eigenvalue weighted by Gasteiger charge is -2.27. The molecule has 124 valence electrons. The minimum absolute atomic E-state index is 0.0665. The van der Waals surface area contributed by atoms with E-state index in [1.54, 1.807) is 0 Å². The summed E-state index contributed by atoms with van der Waals surface area (Å²) in [6.45, 7) is 3.47. The molecule has 1 aliphatic heterocycles. The molecule has 0 amide bonds. The van der Waals surface area contributed by atoms with Crippen LogP contribution in [0.1, 0.15) is 31.0 Å². The van der Waals surface area contributed by atoms with Crippen molar-refractivity contribution in [3.63, 3.8) is 0 Å². The number of nitrogens with zero attached hydrogens (tertiary/aromatic N) is 4. The molecule has 0 saturated carbocycles. The molecule has 0 bridgehead atoms. The summed E-state index contributed by atoms with van der Waals surface area (Å²) in [5.74, 6) is -0.608. The second-order valence-electron chi connectivity index (χ2n) is 5.41. The first-order valence-corrected chi connectivity index (χ1v) is 7.54. The molecule has 2 heterocycles. The van der Waals surface area contributed by atoms with Gasteiger partial charge < -0.3 is 10.1 Å². The number of fused-ring (bicyclic) bond motifs is 1. The highest BCUT2D eigenvalue weighted by atomic mass is 16.5. The molecule has 0 fully saturated rings. The lowest BCUT2D eigenvalue weighted by atomic mass is 9.92. The molecule has 1 aromatic carbocycles. The van der Waals surface area contributed by atoms with Crippen LogP contribution >= 0.6 is 0 Å². The van der Waals surface area contributed by atoms with E-state index in [0.717, 1.165) is 12.0 Å². The van der Waals surface area contributed by atoms with Crippen molar-refractivity contribution in [1.29, 1.82) is 0 Å². The zero-order chi connectivity index (χ0) is 17.3. The Morgan fingerprint density at radius 3 is 2.58 bits per heavy atom. The fraction of sp³-hybridized carbons (Fsp3) is 0.312. The second-order valence-corrected chi connectivity index (χ2v) is 5.41. The maximum absolute atomic E-state index is 12.3. The van der Waals surface area contributed by atoms with Gasteiger partial charge in [0.05, 0.1) is 12.7 Å². The van der Waals surface area contributed by atoms with Crippen LogP contribution in [-0.2, 0) is 20.7 Å². The Morgan fingerprint density at radius 2 is 2.00 bits per heavy atom. The Balaban J connectivity index is 2.20. The van der Waals surface area contributed by atoms with Crippen LogP contribution in [0.25, 0.3) is 0 Å². The molecule has 1 aliphatic rings. The number of anilines is 1. The zero-order valence-corrected chi connectivity index (χ0v) is 13.6. The fourth-order valence-corrected chi connectivity index (χ4v) is 2.76. The fourth-order valence-electron chi connectivity index (χ4n) is 2.76. The van der Waals surface area contributed by atoms with E-state index in [-0.39, 0.29) is 23.0 Å². The molecule has 0 radical (unpaired) electrons. The van der Waals surface area contributed by atoms with Crippen molar-refractivity contribution in [2.45, 2.75) is 26.3 Å². The average Bonchev–Trinajstić information content (AvgIpc) is 3.07. The highest BCUT2D eigenvalue weighted by molar-refractivity contribution is 6.05. The van der Waals surface area contributed by atoms with Crippen molar-refractivity contribution >= 4 is 17.7 Å². The van der Waals surface area contributed by atoms with Gasteiger partial charge in [0.25, 0.3) is 0 Å². The Morgan fingerprint density at radius 1 is 1.29 bits per heavy atom. The summed E-state index contributed by atoms with van der Waals surface area (Å²) in [4.78, 5) is 24.4. The molecule has 1 aromatic heterocycles. The van der Waals surface area contributed by atoms with Crippen molar-refractivity contribution in [2.24, 2.45) is 0 Å². The van der Waals surface area contributed by atoms with E-state index in [9.17, 15) is 9.59 Å². The predicted molar refractivity (Wildman–Crippen MR) is 85.1 cm³/mol. The quantitative estimate of drug-likeness (QED) is 0.844. The lowest BCUT2D eigenvalue weighted by molar-refractivity contribution is -0.136. The summed E-state index contributed by atoms with van der Waals surface area (Å²) in [6, 6.07) is 7.21. The maximum atomic E-state index is 12.3. The van der Waals surface area contributed by atoms with Gasteiger partial charge in [0, 0.05) is 0 Å². The van der Waals surface area contributed by atoms with Gasteiger partial charge >= 0.3 is 5.97 Å². The monoisotopic (exact) mass is 327 g/mol. The van der Waals surface area contributed by atoms with E-state index >= 15 is 0 Å². The van der Waals surface area contributed by atoms with Crippen LogP contribution in [0.4, 0.5) is 5.95 Å². The summed E-state index contributed by atoms with van der Waals surface area (Å²) < 4.78 is 6.28. The second kappa shape index (κ2) is 6.23. The van der Waals surface area contributed by atoms with Crippen LogP contribution in [0.3, 0.4) is 0 Å². The van der Waals surface area contributed by atoms with Crippen LogP contribution < -0.4 is 5.32 Å². The Kier molecular flexibility index (Phi) is 4.11. The van der Waals surface area contributed by atoms with E-state index in [2.05, 4.69) is 27.8 Å². The van der Waals surface area contributed by atoms with Gasteiger partial charge in [-0.05, 0) is 34.9 Å². The molecule has 3 rings (SSSR count). The summed E-state index contributed by atoms with van der Waals surface area (Å²) in [7, 11) is 1.26. The van der Waals surface area contributed by atoms with Gasteiger partial charge in [0.1, 0.15) is 11.7 Å². The minimum Gasteiger partial charge on any atom is -0.464 e. The van der Waals surface area contributed by atoms with Crippen LogP contribution in [0.15, 0.2) is 35.5 Å². The van der Waals surface area contributed by atoms with Gasteiger partial charge in [-0.25, -0.2) is 4.79 Å². The number of methoxy groups -OCH3 is 1. The number of hydrogen-bond acceptors (Lipinski definition) is 7. The number of hydrogen-bond donors (Lipinski definition) is 1. The molecule has 0 spiro atoms. The molecule has 1 N–H and O–H groups in total. The molecule has 0 aliphatic carbocycles. The molecule has 24 heavy (non-hydrogen) atoms. The van der Waals surface area contributed by atoms with E-state index in [1.807, 2.05) is 24.3 Å². The minimum atomic E-state index is -0.635. The first-order valence-electron chi connectivity index (χ1n) is 7.54. The number of allylic oxidation sites excluding steroid dienone is 1. The van der Waals surface area contributed by atoms with Gasteiger partial charge in [-0.15, -0.1) is 0 Å². The smallest absolute Gasteiger partial charge is 0.355 e. The van der Waals surface area contributed by atoms with Crippen molar-refractivity contribution in [1.82, 2.24) is 20.2 Å². The van der Waals surface area contributed by atoms with Crippen LogP contribution in [0, 0.1) is 0 Å². The number of esters is 1. The number of aromatic nitrogens is 4. The number of Topliss-reactive ketones (excluding diaryl/α,β-unsaturated/α-hetero) is 1. The van der Waals surface area contributed by atoms with E-state index < -0.39 is 12.0 Å². The van der Waals surface area contributed by atoms with Gasteiger partial charge in [-0.1, -0.05) is 36.3 Å². The number of tetrazole rings is 1. The molecule has 8 heteroatoms. The van der Waals surface area contributed by atoms with Gasteiger partial charge in [0.2, 0.25) is 5.95 Å². The summed E-state index contributed by atoms with van der Waals surface area (Å²) in [5, 5.41) is 14.3. The maximum Gasteiger partial charge on any atom is 0.355 e. The third kappa shape index (κ3) is 2.55. The number of carbonyl (C=O) groups excluding carboxylic acids is 2. The molecule has 8 nitrogen and oxygen atoms in total. The molecular formula is C16H17N5O3. The van der Waals surface area contributed by atoms with E-state index in [0.29, 0.717) is 0 Å². The lowest BCUT2D eigenvalue weighted by Crippen LogP contribution is -2.32. The third-order valence-corrected chi connectivity index (χ3v) is 3.99. The van der Waals surface area contributed by atoms with Gasteiger partial charge in [-0.3, -0.25) is 4.79 Å². The van der Waals surface area contributed by atoms with Gasteiger partial charge in [0.15, 0.2) is 5.78 Å². The average molecular weight is 327 g/mol. The first-order chi connectivity index (χ1) is 11.6. The third-order valence-electron chi connectivity index (χ3n) is 3.99. The number of rotatable bonds is 4. The highest BCUT2D eigenvalue weighted by Gasteiger charge is 2.36. The van der Waals surface area contributed by atoms with Crippen molar-refractivity contribution in [3.05, 3.63) is 46.7 Å². The predicted octanol–water partition coefficient (Wildman–Crippen LogP) is 1.27. The molecular weight excluding hydrogens is 310 g/mol. The number of ether oxygens (including phenoxy) is 1. The molecule has 2 aromatic rings. The van der Waals surface area contributed by atoms with Crippen molar-refractivity contribution in [2.75, 3.05) is 12.4 Å². The Hall–Kier alpha value is -3.03. The number of benzene rings is 1. The Bertz CT molecular complexity index is 822. The normalized spacial score (nSPS) is 16.4. The van der Waals surface area contributed by atoms with Crippen LogP contribution in [0.2, 0.25) is 0 Å². The van der Waals surface area contributed by atoms with Crippen LogP contribution in [-0.4, -0.2) is 39.1 Å². The zero-order valence-electron chi connectivity index (χ0n) is 13.6. The summed E-state index contributed by atoms with van der Waals surface area (Å²) in [6.07, 6.45) is 0.908. The molecule has 0 saturated heterocycles. The van der Waals surface area contributed by atoms with E-state index in [1.165, 1.54) is 24.3 Å². The van der Waals surface area contributed by atoms with Crippen LogP contribution in [0.5, 0.6) is 0 Å². The first kappa shape index (κ1) is 15.9. The SMILES string of the molecule is CCc1ccc([C@@H]2C(C(C)=O)=C(C(=O)OC)Nc3nnnn32)cc1. The standard InChI is InChI=1S/C16H17N5O3/c1-4-10-5-7-11(8-6-10)14-12(9(2)22)13(15(23)24-3)17-16-18-19-20-21(14)16/h5-8,14H,4H2,1-3H3,(H,17,18,20)/t14-/m1/s1. The number of carbonyl (C=O) groups is 2. The van der Waals surface area contributed by atoms with E-state index in [4.69, 9.17) is 4.74 Å². The largest absolute Gasteiger partial charge is 0.464 e. The molecule has 0 unspecified atom stereocenters. The number of nitrogens with one attached hydrogen (secondary N) is 1. The van der Waals surface area contributed by atoms with Crippen molar-refractivity contribution < 1.29 is 14.3 Å². The van der Waals surface area contributed by atoms with Crippen molar-refractivity contribution in [3.8, 4) is 0 Å². The summed E-state index contributed by atoms with van der Waals surface area (Å²) >= 11 is 0. The topological polar surface area (TPSA) is 99.0 Å². The molecule has 1 atom stereocenters. The Labute approximate surface area is 138 Å². The van der Waals surface area contributed by atoms with Gasteiger partial charge in [-0.2, -0.15) is 4.68 Å². The number of ketones is 1.